The fraction of sp³-hybridized carbons (Fsp3) is 0.400. The van der Waals surface area contributed by atoms with Crippen LogP contribution in [0.3, 0.4) is 0 Å². The minimum atomic E-state index is -4.02. The van der Waals surface area contributed by atoms with Crippen molar-refractivity contribution in [1.29, 1.82) is 0 Å². The number of carboxylic acid groups (broad SMARTS) is 1. The summed E-state index contributed by atoms with van der Waals surface area (Å²) in [5, 5.41) is 16.2. The van der Waals surface area contributed by atoms with E-state index in [-0.39, 0.29) is 81.4 Å². The number of aromatic nitrogens is 3. The zero-order valence-corrected chi connectivity index (χ0v) is 74.0. The second-order valence-electron chi connectivity index (χ2n) is 31.0. The fourth-order valence-electron chi connectivity index (χ4n) is 12.5. The maximum absolute atomic E-state index is 11.9. The molecule has 0 bridgehead atoms. The first-order valence-electron chi connectivity index (χ1n) is 38.6. The monoisotopic (exact) mass is 1620 g/mol. The number of rotatable bonds is 32. The van der Waals surface area contributed by atoms with Crippen molar-refractivity contribution < 1.29 is 90.2 Å². The zero-order chi connectivity index (χ0) is 83.1. The molecule has 0 saturated heterocycles. The third-order valence-electron chi connectivity index (χ3n) is 17.7. The number of hydrogen-bond acceptors (Lipinski definition) is 20. The van der Waals surface area contributed by atoms with E-state index in [2.05, 4.69) is 160 Å². The summed E-state index contributed by atoms with van der Waals surface area (Å²) >= 11 is 5.53. The number of nitrogens with two attached hydrogens (primary N) is 1. The number of benzene rings is 7. The van der Waals surface area contributed by atoms with Gasteiger partial charge in [0.05, 0.1) is 72.5 Å². The standard InChI is InChI=1S/C28H37N3O3.C27H35N3O3.C19H32N2O2.C9H6ClNO.C7H8O3S.Na.H2O/c1-19(2)16-31(17-20(3)4)26-13-12-23(21(5)14-27(32)33-6)15-24(26)29-28-30-25(18-34-28)22-10-8-7-9-11-22;1-18(2)15-30(16-19(3)4)25-12-11-22(20(5)13-26(31)32)14-23(25)28-27-29-24(17-33-27)21-9-7-6-8-10-21;1-13(2)11-21(12-14(3)4)18-8-7-16(10-17(18)20)15(5)9-19(22)23-6;10-9-11-8(6-12-9)7-4-2-1-3-5-7;1-6-2-4-7(5-3-6)11(8,9)10;;/h7-13,15,18-21H,14,16-17H2,1-6H3,(H,29,30);6-12,14,17-20H,13,15-16H2,1-5H3,(H,28,29)(H,31,32);7-8,10,13-15H,9,11-12,20H2,1-6H3;1-6H;2-5H,1H3,(H,8,9,10);;1H2/q;;;;;+1;/p-1. The Bertz CT molecular complexity index is 4610. The number of halogens is 1. The summed E-state index contributed by atoms with van der Waals surface area (Å²) in [5.74, 6) is 1.96. The normalized spacial score (nSPS) is 11.7. The molecule has 0 aliphatic carbocycles. The van der Waals surface area contributed by atoms with Crippen LogP contribution in [-0.2, 0) is 34.0 Å². The molecule has 10 aromatic rings. The van der Waals surface area contributed by atoms with Gasteiger partial charge in [0.15, 0.2) is 0 Å². The van der Waals surface area contributed by atoms with Gasteiger partial charge in [-0.1, -0.05) is 231 Å². The molecule has 0 radical (unpaired) electrons. The smallest absolute Gasteiger partial charge is 0.870 e. The summed E-state index contributed by atoms with van der Waals surface area (Å²) in [5.41, 5.74) is 21.5. The minimum absolute atomic E-state index is 0. The van der Waals surface area contributed by atoms with E-state index in [0.717, 1.165) is 129 Å². The first kappa shape index (κ1) is 97.9. The fourth-order valence-corrected chi connectivity index (χ4v) is 13.1. The van der Waals surface area contributed by atoms with Crippen molar-refractivity contribution in [2.45, 2.75) is 153 Å². The Hall–Kier alpha value is -9.46. The molecular weight excluding hydrogens is 1510 g/mol. The van der Waals surface area contributed by atoms with Crippen molar-refractivity contribution in [3.05, 3.63) is 216 Å². The van der Waals surface area contributed by atoms with Gasteiger partial charge in [0, 0.05) is 56.0 Å². The molecule has 3 atom stereocenters. The van der Waals surface area contributed by atoms with Crippen LogP contribution >= 0.6 is 11.6 Å². The molecule has 0 fully saturated rings. The van der Waals surface area contributed by atoms with Gasteiger partial charge in [-0.3, -0.25) is 18.9 Å². The van der Waals surface area contributed by atoms with Gasteiger partial charge >= 0.3 is 47.5 Å². The summed E-state index contributed by atoms with van der Waals surface area (Å²) in [6, 6.07) is 55.1. The molecule has 3 heterocycles. The van der Waals surface area contributed by atoms with Gasteiger partial charge in [-0.15, -0.1) is 0 Å². The van der Waals surface area contributed by atoms with Crippen LogP contribution in [-0.4, -0.2) is 110 Å². The van der Waals surface area contributed by atoms with E-state index >= 15 is 0 Å². The third-order valence-corrected chi connectivity index (χ3v) is 18.8. The summed E-state index contributed by atoms with van der Waals surface area (Å²) in [4.78, 5) is 54.9. The van der Waals surface area contributed by atoms with Crippen molar-refractivity contribution >= 4 is 85.8 Å². The number of nitrogen functional groups attached to an aromatic ring is 1. The van der Waals surface area contributed by atoms with Crippen LogP contribution in [0.2, 0.25) is 5.35 Å². The van der Waals surface area contributed by atoms with Crippen molar-refractivity contribution in [3.8, 4) is 33.8 Å². The number of methoxy groups -OCH3 is 2. The van der Waals surface area contributed by atoms with Gasteiger partial charge in [-0.25, -0.2) is 0 Å². The molecule has 0 aliphatic rings. The number of nitrogens with zero attached hydrogens (tertiary/aromatic N) is 6. The van der Waals surface area contributed by atoms with Crippen LogP contribution in [0.1, 0.15) is 163 Å². The number of carbonyl (C=O) groups excluding carboxylic acids is 2. The second kappa shape index (κ2) is 48.8. The Morgan fingerprint density at radius 1 is 0.461 bits per heavy atom. The Balaban J connectivity index is 0.000000319. The van der Waals surface area contributed by atoms with E-state index in [0.29, 0.717) is 60.4 Å². The Kier molecular flexibility index (Phi) is 41.5. The Morgan fingerprint density at radius 3 is 1.08 bits per heavy atom. The summed E-state index contributed by atoms with van der Waals surface area (Å²) in [6.45, 7) is 40.1. The average molecular weight is 1630 g/mol. The van der Waals surface area contributed by atoms with Gasteiger partial charge in [0.1, 0.15) is 35.9 Å². The molecule has 0 aliphatic heterocycles. The molecule has 10 rings (SSSR count). The average Bonchev–Trinajstić information content (AvgIpc) is 1.22. The maximum Gasteiger partial charge on any atom is 1.00 e. The summed E-state index contributed by atoms with van der Waals surface area (Å²) in [7, 11) is -1.18. The van der Waals surface area contributed by atoms with Crippen LogP contribution in [0.15, 0.2) is 207 Å². The number of nitrogens with one attached hydrogen (secondary N) is 2. The van der Waals surface area contributed by atoms with Crippen LogP contribution in [0, 0.1) is 42.4 Å². The van der Waals surface area contributed by atoms with Gasteiger partial charge in [-0.05, 0) is 137 Å². The second-order valence-corrected chi connectivity index (χ2v) is 32.8. The number of ether oxygens (including phenoxy) is 2. The van der Waals surface area contributed by atoms with Crippen molar-refractivity contribution in [2.24, 2.45) is 35.5 Å². The van der Waals surface area contributed by atoms with Crippen LogP contribution in [0.25, 0.3) is 33.8 Å². The van der Waals surface area contributed by atoms with Crippen LogP contribution < -0.4 is 60.6 Å². The van der Waals surface area contributed by atoms with E-state index in [4.69, 9.17) is 44.6 Å². The van der Waals surface area contributed by atoms with Gasteiger partial charge in [0.25, 0.3) is 27.5 Å². The van der Waals surface area contributed by atoms with E-state index in [1.807, 2.05) is 137 Å². The molecule has 3 unspecified atom stereocenters. The van der Waals surface area contributed by atoms with E-state index < -0.39 is 16.1 Å². The van der Waals surface area contributed by atoms with Gasteiger partial charge < -0.3 is 64.4 Å². The van der Waals surface area contributed by atoms with E-state index in [9.17, 15) is 27.9 Å². The SMILES string of the molecule is CC(C)CN(CC(C)C)c1ccc(C(C)CC(=O)O)cc1Nc1nc(-c2ccccc2)co1.COC(=O)CC(C)c1ccc(N(CC(C)C)CC(C)C)c(N)c1.COC(=O)CC(C)c1ccc(N(CC(C)C)CC(C)C)c(Nc2nc(-c3ccccc3)co2)c1.Cc1ccc(S(=O)(=O)O)cc1.Clc1nc(-c2ccccc2)co1.[Na+].[OH-]. The quantitative estimate of drug-likeness (QED) is 0.0113. The van der Waals surface area contributed by atoms with Gasteiger partial charge in [-0.2, -0.15) is 23.4 Å². The molecule has 7 aromatic carbocycles. The number of esters is 2. The molecule has 3 aromatic heterocycles. The number of carboxylic acids is 1. The molecule has 115 heavy (non-hydrogen) atoms. The predicted molar refractivity (Wildman–Crippen MR) is 460 cm³/mol. The van der Waals surface area contributed by atoms with Crippen molar-refractivity contribution in [1.82, 2.24) is 15.0 Å². The Labute approximate surface area is 708 Å². The zero-order valence-electron chi connectivity index (χ0n) is 70.4. The molecule has 616 valence electrons. The maximum atomic E-state index is 11.9. The number of aliphatic carboxylic acids is 1. The van der Waals surface area contributed by atoms with Crippen LogP contribution in [0.4, 0.5) is 46.2 Å². The van der Waals surface area contributed by atoms with Crippen molar-refractivity contribution in [3.63, 3.8) is 0 Å². The predicted octanol–water partition coefficient (Wildman–Crippen LogP) is 18.8. The number of carbonyl (C=O) groups is 3. The molecular formula is C90H119ClN9NaO13S. The summed E-state index contributed by atoms with van der Waals surface area (Å²) in [6.07, 6.45) is 5.63. The number of aryl methyl sites for hydroxylation is 1. The molecule has 7 N–H and O–H groups in total. The number of oxazole rings is 3. The van der Waals surface area contributed by atoms with E-state index in [1.54, 1.807) is 24.7 Å². The summed E-state index contributed by atoms with van der Waals surface area (Å²) < 4.78 is 55.6. The first-order chi connectivity index (χ1) is 53.6. The topological polar surface area (TPSA) is 312 Å². The number of anilines is 8. The molecule has 22 nitrogen and oxygen atoms in total. The van der Waals surface area contributed by atoms with Crippen LogP contribution in [0.5, 0.6) is 0 Å². The van der Waals surface area contributed by atoms with Gasteiger partial charge in [0.2, 0.25) is 0 Å². The van der Waals surface area contributed by atoms with E-state index in [1.165, 1.54) is 32.6 Å². The van der Waals surface area contributed by atoms with Crippen molar-refractivity contribution in [2.75, 3.05) is 84.6 Å². The molecule has 25 heteroatoms. The molecule has 0 spiro atoms. The molecule has 0 saturated carbocycles. The molecule has 0 amide bonds. The largest absolute Gasteiger partial charge is 1.00 e. The number of hydrogen-bond donors (Lipinski definition) is 5. The minimum Gasteiger partial charge on any atom is -0.870 e. The first-order valence-corrected chi connectivity index (χ1v) is 40.5. The third kappa shape index (κ3) is 33.7. The Morgan fingerprint density at radius 2 is 0.774 bits per heavy atom.